The number of benzene rings is 1. The molecule has 10 nitrogen and oxygen atoms in total. The molecule has 2 aliphatic heterocycles. The molecule has 0 radical (unpaired) electrons. The molecule has 2 fully saturated rings. The van der Waals surface area contributed by atoms with Crippen LogP contribution in [0.4, 0.5) is 5.69 Å². The smallest absolute Gasteiger partial charge is 0.248 e. The lowest BCUT2D eigenvalue weighted by molar-refractivity contribution is 0.0320. The van der Waals surface area contributed by atoms with E-state index in [1.54, 1.807) is 18.2 Å². The Labute approximate surface area is 193 Å². The summed E-state index contributed by atoms with van der Waals surface area (Å²) in [7, 11) is 0. The van der Waals surface area contributed by atoms with Crippen molar-refractivity contribution in [1.82, 2.24) is 9.88 Å². The van der Waals surface area contributed by atoms with Gasteiger partial charge in [-0.15, -0.1) is 0 Å². The molecule has 2 aromatic rings. The maximum atomic E-state index is 11.6. The van der Waals surface area contributed by atoms with E-state index in [1.165, 1.54) is 0 Å². The number of amides is 1. The van der Waals surface area contributed by atoms with E-state index in [4.69, 9.17) is 25.8 Å². The SMILES string of the molecule is NN=C(c1cccc(C(N)=O)c1)c1cc(N2CCOCC2)cc(OCCN2CCOCC2)n1. The number of anilines is 1. The largest absolute Gasteiger partial charge is 0.476 e. The molecule has 1 amide bonds. The highest BCUT2D eigenvalue weighted by atomic mass is 16.5. The van der Waals surface area contributed by atoms with Crippen molar-refractivity contribution in [3.05, 3.63) is 53.2 Å². The summed E-state index contributed by atoms with van der Waals surface area (Å²) in [4.78, 5) is 20.9. The van der Waals surface area contributed by atoms with Crippen molar-refractivity contribution in [3.8, 4) is 5.88 Å². The standard InChI is InChI=1S/C23H30N6O4/c24-23(30)18-3-1-2-17(14-18)22(27-25)20-15-19(29-7-11-32-12-8-29)16-21(26-20)33-13-6-28-4-9-31-10-5-28/h1-3,14-16H,4-13,25H2,(H2,24,30). The van der Waals surface area contributed by atoms with Gasteiger partial charge in [-0.3, -0.25) is 9.69 Å². The van der Waals surface area contributed by atoms with Crippen molar-refractivity contribution in [3.63, 3.8) is 0 Å². The van der Waals surface area contributed by atoms with Gasteiger partial charge in [0.15, 0.2) is 0 Å². The number of carbonyl (C=O) groups is 1. The Morgan fingerprint density at radius 1 is 1.03 bits per heavy atom. The van der Waals surface area contributed by atoms with Crippen molar-refractivity contribution in [2.24, 2.45) is 16.7 Å². The van der Waals surface area contributed by atoms with Crippen molar-refractivity contribution in [1.29, 1.82) is 0 Å². The van der Waals surface area contributed by atoms with Crippen LogP contribution < -0.4 is 21.2 Å². The maximum Gasteiger partial charge on any atom is 0.248 e. The Morgan fingerprint density at radius 2 is 1.73 bits per heavy atom. The van der Waals surface area contributed by atoms with Gasteiger partial charge in [-0.1, -0.05) is 12.1 Å². The van der Waals surface area contributed by atoms with Gasteiger partial charge in [-0.2, -0.15) is 5.10 Å². The summed E-state index contributed by atoms with van der Waals surface area (Å²) < 4.78 is 16.9. The van der Waals surface area contributed by atoms with E-state index in [1.807, 2.05) is 18.2 Å². The summed E-state index contributed by atoms with van der Waals surface area (Å²) in [6.45, 7) is 7.43. The van der Waals surface area contributed by atoms with Crippen LogP contribution in [0.5, 0.6) is 5.88 Å². The van der Waals surface area contributed by atoms with Gasteiger partial charge in [0.25, 0.3) is 0 Å². The molecule has 176 valence electrons. The van der Waals surface area contributed by atoms with Crippen LogP contribution in [0.3, 0.4) is 0 Å². The first-order valence-corrected chi connectivity index (χ1v) is 11.1. The molecule has 1 aromatic heterocycles. The number of hydrogen-bond donors (Lipinski definition) is 2. The third-order valence-corrected chi connectivity index (χ3v) is 5.72. The Morgan fingerprint density at radius 3 is 2.42 bits per heavy atom. The topological polar surface area (TPSA) is 129 Å². The Balaban J connectivity index is 1.60. The molecule has 4 N–H and O–H groups in total. The zero-order valence-corrected chi connectivity index (χ0v) is 18.6. The molecule has 0 atom stereocenters. The number of carbonyl (C=O) groups excluding carboxylic acids is 1. The van der Waals surface area contributed by atoms with E-state index in [-0.39, 0.29) is 0 Å². The van der Waals surface area contributed by atoms with E-state index in [0.717, 1.165) is 51.6 Å². The van der Waals surface area contributed by atoms with Crippen molar-refractivity contribution < 1.29 is 19.0 Å². The number of primary amides is 1. The first kappa shape index (κ1) is 23.0. The fraction of sp³-hybridized carbons (Fsp3) is 0.435. The van der Waals surface area contributed by atoms with E-state index < -0.39 is 5.91 Å². The molecular formula is C23H30N6O4. The summed E-state index contributed by atoms with van der Waals surface area (Å²) in [5, 5.41) is 3.99. The number of aromatic nitrogens is 1. The maximum absolute atomic E-state index is 11.6. The lowest BCUT2D eigenvalue weighted by Gasteiger charge is -2.29. The summed E-state index contributed by atoms with van der Waals surface area (Å²) >= 11 is 0. The van der Waals surface area contributed by atoms with Gasteiger partial charge in [0.2, 0.25) is 11.8 Å². The van der Waals surface area contributed by atoms with Crippen LogP contribution in [0.15, 0.2) is 41.5 Å². The number of hydrogen-bond acceptors (Lipinski definition) is 9. The first-order valence-electron chi connectivity index (χ1n) is 11.1. The van der Waals surface area contributed by atoms with Gasteiger partial charge in [0.05, 0.1) is 32.1 Å². The monoisotopic (exact) mass is 454 g/mol. The van der Waals surface area contributed by atoms with Gasteiger partial charge in [0.1, 0.15) is 12.3 Å². The van der Waals surface area contributed by atoms with Crippen LogP contribution in [-0.2, 0) is 9.47 Å². The summed E-state index contributed by atoms with van der Waals surface area (Å²) in [5.74, 6) is 5.75. The summed E-state index contributed by atoms with van der Waals surface area (Å²) in [6.07, 6.45) is 0. The minimum absolute atomic E-state index is 0.375. The average molecular weight is 455 g/mol. The first-order chi connectivity index (χ1) is 16.1. The van der Waals surface area contributed by atoms with E-state index in [0.29, 0.717) is 48.2 Å². The second-order valence-electron chi connectivity index (χ2n) is 7.87. The van der Waals surface area contributed by atoms with Gasteiger partial charge in [-0.05, 0) is 18.2 Å². The molecule has 0 aliphatic carbocycles. The quantitative estimate of drug-likeness (QED) is 0.334. The van der Waals surface area contributed by atoms with Gasteiger partial charge in [0, 0.05) is 55.6 Å². The van der Waals surface area contributed by atoms with Crippen LogP contribution in [0.2, 0.25) is 0 Å². The number of ether oxygens (including phenoxy) is 3. The molecule has 0 spiro atoms. The molecule has 10 heteroatoms. The number of nitrogens with zero attached hydrogens (tertiary/aromatic N) is 4. The second kappa shape index (κ2) is 11.1. The predicted octanol–water partition coefficient (Wildman–Crippen LogP) is 0.439. The Hall–Kier alpha value is -3.21. The number of hydrazone groups is 1. The van der Waals surface area contributed by atoms with Crippen LogP contribution >= 0.6 is 0 Å². The number of rotatable bonds is 8. The molecule has 1 aromatic carbocycles. The molecule has 0 unspecified atom stereocenters. The molecule has 2 saturated heterocycles. The third kappa shape index (κ3) is 5.98. The molecule has 3 heterocycles. The van der Waals surface area contributed by atoms with Gasteiger partial charge in [-0.25, -0.2) is 4.98 Å². The minimum atomic E-state index is -0.518. The number of pyridine rings is 1. The molecule has 2 aliphatic rings. The van der Waals surface area contributed by atoms with Gasteiger partial charge >= 0.3 is 0 Å². The van der Waals surface area contributed by atoms with E-state index >= 15 is 0 Å². The number of nitrogens with two attached hydrogens (primary N) is 2. The normalized spacial score (nSPS) is 17.7. The minimum Gasteiger partial charge on any atom is -0.476 e. The molecular weight excluding hydrogens is 424 g/mol. The Kier molecular flexibility index (Phi) is 7.71. The number of morpholine rings is 2. The van der Waals surface area contributed by atoms with E-state index in [2.05, 4.69) is 19.9 Å². The molecule has 0 bridgehead atoms. The predicted molar refractivity (Wildman–Crippen MR) is 125 cm³/mol. The van der Waals surface area contributed by atoms with Crippen molar-refractivity contribution in [2.75, 3.05) is 70.7 Å². The zero-order valence-electron chi connectivity index (χ0n) is 18.6. The fourth-order valence-corrected chi connectivity index (χ4v) is 3.90. The molecule has 33 heavy (non-hydrogen) atoms. The highest BCUT2D eigenvalue weighted by Crippen LogP contribution is 2.24. The summed E-state index contributed by atoms with van der Waals surface area (Å²) in [5.41, 5.74) is 8.44. The van der Waals surface area contributed by atoms with E-state index in [9.17, 15) is 4.79 Å². The average Bonchev–Trinajstić information content (AvgIpc) is 2.86. The third-order valence-electron chi connectivity index (χ3n) is 5.72. The van der Waals surface area contributed by atoms with Crippen LogP contribution in [0, 0.1) is 0 Å². The van der Waals surface area contributed by atoms with Crippen molar-refractivity contribution in [2.45, 2.75) is 0 Å². The van der Waals surface area contributed by atoms with Crippen LogP contribution in [0.25, 0.3) is 0 Å². The second-order valence-corrected chi connectivity index (χ2v) is 7.87. The zero-order chi connectivity index (χ0) is 23.0. The van der Waals surface area contributed by atoms with Crippen LogP contribution in [-0.4, -0.2) is 87.3 Å². The summed E-state index contributed by atoms with van der Waals surface area (Å²) in [6, 6.07) is 10.7. The van der Waals surface area contributed by atoms with Crippen molar-refractivity contribution >= 4 is 17.3 Å². The van der Waals surface area contributed by atoms with Gasteiger partial charge < -0.3 is 30.7 Å². The lowest BCUT2D eigenvalue weighted by Crippen LogP contribution is -2.38. The highest BCUT2D eigenvalue weighted by molar-refractivity contribution is 6.13. The fourth-order valence-electron chi connectivity index (χ4n) is 3.90. The highest BCUT2D eigenvalue weighted by Gasteiger charge is 2.18. The van der Waals surface area contributed by atoms with Crippen LogP contribution in [0.1, 0.15) is 21.6 Å². The lowest BCUT2D eigenvalue weighted by atomic mass is 10.0. The Bertz CT molecular complexity index is 987. The molecule has 0 saturated carbocycles. The molecule has 4 rings (SSSR count).